The molecule has 5 heteroatoms. The fourth-order valence-corrected chi connectivity index (χ4v) is 3.20. The van der Waals surface area contributed by atoms with Crippen molar-refractivity contribution < 1.29 is 0 Å². The van der Waals surface area contributed by atoms with Gasteiger partial charge >= 0.3 is 0 Å². The van der Waals surface area contributed by atoms with Crippen molar-refractivity contribution >= 4 is 34.7 Å². The Morgan fingerprint density at radius 3 is 3.00 bits per heavy atom. The van der Waals surface area contributed by atoms with Gasteiger partial charge in [-0.1, -0.05) is 23.4 Å². The molecule has 2 heterocycles. The molecule has 0 bridgehead atoms. The van der Waals surface area contributed by atoms with Gasteiger partial charge in [0, 0.05) is 22.4 Å². The van der Waals surface area contributed by atoms with E-state index in [-0.39, 0.29) is 0 Å². The SMILES string of the molecule is NCC#Cc1ccsc1CSc1ccc(Cl)cn1. The van der Waals surface area contributed by atoms with Crippen LogP contribution in [-0.4, -0.2) is 11.5 Å². The molecule has 0 aliphatic heterocycles. The topological polar surface area (TPSA) is 38.9 Å². The fourth-order valence-electron chi connectivity index (χ4n) is 1.30. The van der Waals surface area contributed by atoms with Crippen molar-refractivity contribution in [3.8, 4) is 11.8 Å². The predicted molar refractivity (Wildman–Crippen MR) is 79.1 cm³/mol. The molecule has 0 atom stereocenters. The van der Waals surface area contributed by atoms with E-state index in [1.807, 2.05) is 23.6 Å². The molecule has 18 heavy (non-hydrogen) atoms. The molecule has 2 N–H and O–H groups in total. The van der Waals surface area contributed by atoms with Crippen LogP contribution in [-0.2, 0) is 5.75 Å². The van der Waals surface area contributed by atoms with Gasteiger partial charge in [-0.05, 0) is 23.6 Å². The summed E-state index contributed by atoms with van der Waals surface area (Å²) in [6.07, 6.45) is 1.66. The highest BCUT2D eigenvalue weighted by Gasteiger charge is 2.03. The van der Waals surface area contributed by atoms with Gasteiger partial charge in [-0.25, -0.2) is 4.98 Å². The molecular formula is C13H11ClN2S2. The lowest BCUT2D eigenvalue weighted by atomic mass is 10.3. The number of rotatable bonds is 3. The molecule has 0 aromatic carbocycles. The van der Waals surface area contributed by atoms with Crippen molar-refractivity contribution in [2.24, 2.45) is 5.73 Å². The van der Waals surface area contributed by atoms with Crippen LogP contribution in [0.5, 0.6) is 0 Å². The summed E-state index contributed by atoms with van der Waals surface area (Å²) >= 11 is 9.17. The Labute approximate surface area is 120 Å². The minimum Gasteiger partial charge on any atom is -0.320 e. The number of halogens is 1. The fraction of sp³-hybridized carbons (Fsp3) is 0.154. The molecule has 0 aliphatic rings. The average Bonchev–Trinajstić information content (AvgIpc) is 2.83. The summed E-state index contributed by atoms with van der Waals surface area (Å²) in [5.74, 6) is 6.82. The first kappa shape index (κ1) is 13.4. The number of thioether (sulfide) groups is 1. The van der Waals surface area contributed by atoms with E-state index < -0.39 is 0 Å². The van der Waals surface area contributed by atoms with Gasteiger partial charge in [0.15, 0.2) is 0 Å². The van der Waals surface area contributed by atoms with Gasteiger partial charge in [0.2, 0.25) is 0 Å². The van der Waals surface area contributed by atoms with Gasteiger partial charge in [0.05, 0.1) is 16.6 Å². The summed E-state index contributed by atoms with van der Waals surface area (Å²) in [6, 6.07) is 5.80. The molecule has 2 aromatic rings. The second kappa shape index (κ2) is 6.81. The van der Waals surface area contributed by atoms with Crippen molar-refractivity contribution in [3.63, 3.8) is 0 Å². The third-order valence-electron chi connectivity index (χ3n) is 2.12. The molecule has 0 fully saturated rings. The van der Waals surface area contributed by atoms with Gasteiger partial charge in [-0.3, -0.25) is 0 Å². The Morgan fingerprint density at radius 2 is 2.28 bits per heavy atom. The standard InChI is InChI=1S/C13H11ClN2S2/c14-11-3-4-13(16-8-11)18-9-12-10(2-1-6-15)5-7-17-12/h3-5,7-8H,6,9,15H2. The van der Waals surface area contributed by atoms with Crippen LogP contribution >= 0.6 is 34.7 Å². The zero-order valence-corrected chi connectivity index (χ0v) is 11.9. The number of hydrogen-bond donors (Lipinski definition) is 1. The maximum atomic E-state index is 5.79. The highest BCUT2D eigenvalue weighted by molar-refractivity contribution is 7.98. The third kappa shape index (κ3) is 3.76. The predicted octanol–water partition coefficient (Wildman–Crippen LogP) is 3.40. The molecule has 2 rings (SSSR count). The second-order valence-corrected chi connectivity index (χ2v) is 5.80. The first-order valence-corrected chi connectivity index (χ1v) is 7.53. The van der Waals surface area contributed by atoms with E-state index in [1.54, 1.807) is 29.3 Å². The summed E-state index contributed by atoms with van der Waals surface area (Å²) in [4.78, 5) is 5.50. The van der Waals surface area contributed by atoms with E-state index in [0.29, 0.717) is 11.6 Å². The number of nitrogens with two attached hydrogens (primary N) is 1. The van der Waals surface area contributed by atoms with E-state index in [9.17, 15) is 0 Å². The second-order valence-electron chi connectivity index (χ2n) is 3.37. The van der Waals surface area contributed by atoms with Crippen LogP contribution in [0.2, 0.25) is 5.02 Å². The summed E-state index contributed by atoms with van der Waals surface area (Å²) in [5, 5.41) is 3.67. The van der Waals surface area contributed by atoms with E-state index in [0.717, 1.165) is 16.3 Å². The Morgan fingerprint density at radius 1 is 1.39 bits per heavy atom. The molecule has 92 valence electrons. The lowest BCUT2D eigenvalue weighted by Gasteiger charge is -1.99. The first-order valence-electron chi connectivity index (χ1n) is 5.29. The smallest absolute Gasteiger partial charge is 0.0964 e. The van der Waals surface area contributed by atoms with Gasteiger partial charge in [-0.15, -0.1) is 23.1 Å². The molecule has 0 aliphatic carbocycles. The highest BCUT2D eigenvalue weighted by Crippen LogP contribution is 2.26. The molecule has 0 amide bonds. The molecule has 0 unspecified atom stereocenters. The van der Waals surface area contributed by atoms with Crippen LogP contribution in [0, 0.1) is 11.8 Å². The quantitative estimate of drug-likeness (QED) is 0.696. The minimum atomic E-state index is 0.390. The van der Waals surface area contributed by atoms with Crippen molar-refractivity contribution in [2.45, 2.75) is 10.8 Å². The van der Waals surface area contributed by atoms with Crippen LogP contribution in [0.15, 0.2) is 34.8 Å². The third-order valence-corrected chi connectivity index (χ3v) is 4.42. The lowest BCUT2D eigenvalue weighted by molar-refractivity contribution is 1.13. The Hall–Kier alpha value is -0.990. The largest absolute Gasteiger partial charge is 0.320 e. The average molecular weight is 295 g/mol. The molecule has 2 aromatic heterocycles. The van der Waals surface area contributed by atoms with Crippen molar-refractivity contribution in [1.82, 2.24) is 4.98 Å². The molecule has 2 nitrogen and oxygen atoms in total. The van der Waals surface area contributed by atoms with E-state index in [1.165, 1.54) is 4.88 Å². The number of hydrogen-bond acceptors (Lipinski definition) is 4. The van der Waals surface area contributed by atoms with Gasteiger partial charge in [-0.2, -0.15) is 0 Å². The van der Waals surface area contributed by atoms with E-state index >= 15 is 0 Å². The van der Waals surface area contributed by atoms with Crippen LogP contribution < -0.4 is 5.73 Å². The highest BCUT2D eigenvalue weighted by atomic mass is 35.5. The van der Waals surface area contributed by atoms with Crippen LogP contribution in [0.4, 0.5) is 0 Å². The zero-order valence-electron chi connectivity index (χ0n) is 9.52. The number of aromatic nitrogens is 1. The monoisotopic (exact) mass is 294 g/mol. The van der Waals surface area contributed by atoms with E-state index in [2.05, 4.69) is 16.8 Å². The lowest BCUT2D eigenvalue weighted by Crippen LogP contribution is -1.93. The normalized spacial score (nSPS) is 9.89. The van der Waals surface area contributed by atoms with Crippen molar-refractivity contribution in [1.29, 1.82) is 0 Å². The van der Waals surface area contributed by atoms with Gasteiger partial charge < -0.3 is 5.73 Å². The summed E-state index contributed by atoms with van der Waals surface area (Å²) in [7, 11) is 0. The summed E-state index contributed by atoms with van der Waals surface area (Å²) in [6.45, 7) is 0.390. The van der Waals surface area contributed by atoms with E-state index in [4.69, 9.17) is 17.3 Å². The molecular weight excluding hydrogens is 284 g/mol. The molecule has 0 radical (unpaired) electrons. The summed E-state index contributed by atoms with van der Waals surface area (Å²) < 4.78 is 0. The molecule has 0 saturated carbocycles. The summed E-state index contributed by atoms with van der Waals surface area (Å²) in [5.41, 5.74) is 6.44. The van der Waals surface area contributed by atoms with Crippen LogP contribution in [0.1, 0.15) is 10.4 Å². The Kier molecular flexibility index (Phi) is 5.09. The number of nitrogens with zero attached hydrogens (tertiary/aromatic N) is 1. The van der Waals surface area contributed by atoms with Crippen molar-refractivity contribution in [3.05, 3.63) is 45.2 Å². The van der Waals surface area contributed by atoms with Crippen LogP contribution in [0.3, 0.4) is 0 Å². The maximum Gasteiger partial charge on any atom is 0.0964 e. The van der Waals surface area contributed by atoms with Crippen LogP contribution in [0.25, 0.3) is 0 Å². The van der Waals surface area contributed by atoms with Gasteiger partial charge in [0.25, 0.3) is 0 Å². The maximum absolute atomic E-state index is 5.79. The Bertz CT molecular complexity index is 567. The van der Waals surface area contributed by atoms with Crippen molar-refractivity contribution in [2.75, 3.05) is 6.54 Å². The number of thiophene rings is 1. The van der Waals surface area contributed by atoms with Gasteiger partial charge in [0.1, 0.15) is 0 Å². The molecule has 0 spiro atoms. The number of pyridine rings is 1. The zero-order chi connectivity index (χ0) is 12.8. The Balaban J connectivity index is 2.02. The molecule has 0 saturated heterocycles. The first-order chi connectivity index (χ1) is 8.79. The minimum absolute atomic E-state index is 0.390.